The Morgan fingerprint density at radius 1 is 1.26 bits per heavy atom. The molecule has 1 N–H and O–H groups in total. The molecule has 0 aliphatic rings. The van der Waals surface area contributed by atoms with Crippen LogP contribution in [0.5, 0.6) is 0 Å². The van der Waals surface area contributed by atoms with E-state index in [4.69, 9.17) is 9.15 Å². The molecule has 1 aromatic heterocycles. The predicted molar refractivity (Wildman–Crippen MR) is 79.2 cm³/mol. The number of hydrogen-bond acceptors (Lipinski definition) is 3. The van der Waals surface area contributed by atoms with E-state index < -0.39 is 0 Å². The van der Waals surface area contributed by atoms with Gasteiger partial charge in [-0.05, 0) is 40.2 Å². The van der Waals surface area contributed by atoms with E-state index in [9.17, 15) is 0 Å². The standard InChI is InChI=1S/C16H29NO2/c1-6-7-8-9-18-12-14-10-15(19-13(14)2)11-17-16(3,4)5/h10,17H,6-9,11-12H2,1-5H3. The van der Waals surface area contributed by atoms with Crippen molar-refractivity contribution in [2.75, 3.05) is 6.61 Å². The third-order valence-corrected chi connectivity index (χ3v) is 3.01. The summed E-state index contributed by atoms with van der Waals surface area (Å²) in [5.74, 6) is 1.96. The van der Waals surface area contributed by atoms with Crippen LogP contribution in [-0.2, 0) is 17.9 Å². The lowest BCUT2D eigenvalue weighted by Crippen LogP contribution is -2.34. The summed E-state index contributed by atoms with van der Waals surface area (Å²) in [5.41, 5.74) is 1.28. The third-order valence-electron chi connectivity index (χ3n) is 3.01. The Morgan fingerprint density at radius 2 is 2.00 bits per heavy atom. The van der Waals surface area contributed by atoms with Crippen LogP contribution in [0, 0.1) is 6.92 Å². The Hall–Kier alpha value is -0.800. The van der Waals surface area contributed by atoms with Crippen molar-refractivity contribution < 1.29 is 9.15 Å². The highest BCUT2D eigenvalue weighted by molar-refractivity contribution is 5.20. The third kappa shape index (κ3) is 6.79. The van der Waals surface area contributed by atoms with Gasteiger partial charge in [0.25, 0.3) is 0 Å². The smallest absolute Gasteiger partial charge is 0.118 e. The zero-order valence-corrected chi connectivity index (χ0v) is 13.1. The molecular weight excluding hydrogens is 238 g/mol. The maximum atomic E-state index is 5.75. The van der Waals surface area contributed by atoms with Crippen LogP contribution in [0.2, 0.25) is 0 Å². The Morgan fingerprint density at radius 3 is 2.63 bits per heavy atom. The number of nitrogens with one attached hydrogen (secondary N) is 1. The molecule has 1 aromatic rings. The minimum absolute atomic E-state index is 0.109. The molecule has 0 amide bonds. The average Bonchev–Trinajstić information content (AvgIpc) is 2.67. The Balaban J connectivity index is 2.37. The van der Waals surface area contributed by atoms with Crippen molar-refractivity contribution in [2.24, 2.45) is 0 Å². The lowest BCUT2D eigenvalue weighted by molar-refractivity contribution is 0.116. The molecule has 19 heavy (non-hydrogen) atoms. The average molecular weight is 267 g/mol. The number of unbranched alkanes of at least 4 members (excludes halogenated alkanes) is 2. The van der Waals surface area contributed by atoms with Gasteiger partial charge in [-0.15, -0.1) is 0 Å². The number of furan rings is 1. The zero-order chi connectivity index (χ0) is 14.3. The summed E-state index contributed by atoms with van der Waals surface area (Å²) in [6, 6.07) is 2.11. The molecule has 0 bridgehead atoms. The number of rotatable bonds is 8. The second kappa shape index (κ2) is 7.71. The highest BCUT2D eigenvalue weighted by atomic mass is 16.5. The van der Waals surface area contributed by atoms with Crippen molar-refractivity contribution in [3.8, 4) is 0 Å². The summed E-state index contributed by atoms with van der Waals surface area (Å²) in [4.78, 5) is 0. The van der Waals surface area contributed by atoms with Crippen molar-refractivity contribution in [1.82, 2.24) is 5.32 Å². The first-order chi connectivity index (χ1) is 8.92. The quantitative estimate of drug-likeness (QED) is 0.717. The van der Waals surface area contributed by atoms with Gasteiger partial charge in [0.05, 0.1) is 13.2 Å². The minimum Gasteiger partial charge on any atom is -0.465 e. The van der Waals surface area contributed by atoms with E-state index in [2.05, 4.69) is 39.1 Å². The van der Waals surface area contributed by atoms with Crippen LogP contribution in [0.15, 0.2) is 10.5 Å². The topological polar surface area (TPSA) is 34.4 Å². The van der Waals surface area contributed by atoms with E-state index in [-0.39, 0.29) is 5.54 Å². The van der Waals surface area contributed by atoms with Crippen LogP contribution in [-0.4, -0.2) is 12.1 Å². The fourth-order valence-corrected chi connectivity index (χ4v) is 1.81. The number of aryl methyl sites for hydroxylation is 1. The highest BCUT2D eigenvalue weighted by Crippen LogP contribution is 2.16. The second-order valence-corrected chi connectivity index (χ2v) is 6.16. The van der Waals surface area contributed by atoms with Crippen LogP contribution >= 0.6 is 0 Å². The first-order valence-corrected chi connectivity index (χ1v) is 7.33. The van der Waals surface area contributed by atoms with Gasteiger partial charge < -0.3 is 14.5 Å². The number of hydrogen-bond donors (Lipinski definition) is 1. The van der Waals surface area contributed by atoms with Crippen molar-refractivity contribution in [3.05, 3.63) is 23.2 Å². The van der Waals surface area contributed by atoms with Crippen LogP contribution in [0.4, 0.5) is 0 Å². The second-order valence-electron chi connectivity index (χ2n) is 6.16. The van der Waals surface area contributed by atoms with E-state index in [1.807, 2.05) is 6.92 Å². The van der Waals surface area contributed by atoms with Crippen molar-refractivity contribution in [3.63, 3.8) is 0 Å². The Kier molecular flexibility index (Phi) is 6.59. The van der Waals surface area contributed by atoms with E-state index in [0.29, 0.717) is 6.61 Å². The van der Waals surface area contributed by atoms with Gasteiger partial charge >= 0.3 is 0 Å². The van der Waals surface area contributed by atoms with Gasteiger partial charge in [-0.1, -0.05) is 19.8 Å². The molecule has 3 heteroatoms. The van der Waals surface area contributed by atoms with Gasteiger partial charge in [-0.3, -0.25) is 0 Å². The van der Waals surface area contributed by atoms with Crippen LogP contribution < -0.4 is 5.32 Å². The summed E-state index contributed by atoms with van der Waals surface area (Å²) in [6.45, 7) is 12.9. The highest BCUT2D eigenvalue weighted by Gasteiger charge is 2.12. The van der Waals surface area contributed by atoms with Gasteiger partial charge in [-0.2, -0.15) is 0 Å². The maximum Gasteiger partial charge on any atom is 0.118 e. The normalized spacial score (nSPS) is 12.1. The summed E-state index contributed by atoms with van der Waals surface area (Å²) >= 11 is 0. The molecule has 0 aliphatic heterocycles. The molecule has 0 fully saturated rings. The van der Waals surface area contributed by atoms with Gasteiger partial charge in [0.2, 0.25) is 0 Å². The molecule has 1 heterocycles. The van der Waals surface area contributed by atoms with Gasteiger partial charge in [0.15, 0.2) is 0 Å². The summed E-state index contributed by atoms with van der Waals surface area (Å²) < 4.78 is 11.4. The van der Waals surface area contributed by atoms with E-state index in [0.717, 1.165) is 31.1 Å². The van der Waals surface area contributed by atoms with Crippen LogP contribution in [0.3, 0.4) is 0 Å². The molecular formula is C16H29NO2. The molecule has 0 spiro atoms. The van der Waals surface area contributed by atoms with Crippen LogP contribution in [0.25, 0.3) is 0 Å². The molecule has 3 nitrogen and oxygen atoms in total. The van der Waals surface area contributed by atoms with Gasteiger partial charge in [-0.25, -0.2) is 0 Å². The van der Waals surface area contributed by atoms with Crippen LogP contribution in [0.1, 0.15) is 64.0 Å². The number of ether oxygens (including phenoxy) is 1. The minimum atomic E-state index is 0.109. The molecule has 0 aromatic carbocycles. The lowest BCUT2D eigenvalue weighted by atomic mass is 10.1. The zero-order valence-electron chi connectivity index (χ0n) is 13.1. The summed E-state index contributed by atoms with van der Waals surface area (Å²) in [6.07, 6.45) is 3.62. The Bertz CT molecular complexity index is 363. The molecule has 0 radical (unpaired) electrons. The Labute approximate surface area is 117 Å². The van der Waals surface area contributed by atoms with Crippen molar-refractivity contribution >= 4 is 0 Å². The first kappa shape index (κ1) is 16.3. The van der Waals surface area contributed by atoms with Gasteiger partial charge in [0, 0.05) is 17.7 Å². The van der Waals surface area contributed by atoms with Crippen molar-refractivity contribution in [2.45, 2.75) is 72.6 Å². The monoisotopic (exact) mass is 267 g/mol. The van der Waals surface area contributed by atoms with Crippen molar-refractivity contribution in [1.29, 1.82) is 0 Å². The fraction of sp³-hybridized carbons (Fsp3) is 0.750. The first-order valence-electron chi connectivity index (χ1n) is 7.33. The molecule has 0 aliphatic carbocycles. The fourth-order valence-electron chi connectivity index (χ4n) is 1.81. The molecule has 0 unspecified atom stereocenters. The molecule has 0 saturated carbocycles. The molecule has 110 valence electrons. The molecule has 0 saturated heterocycles. The largest absolute Gasteiger partial charge is 0.465 e. The van der Waals surface area contributed by atoms with E-state index in [1.165, 1.54) is 18.4 Å². The predicted octanol–water partition coefficient (Wildman–Crippen LogP) is 4.18. The van der Waals surface area contributed by atoms with E-state index >= 15 is 0 Å². The summed E-state index contributed by atoms with van der Waals surface area (Å²) in [5, 5.41) is 3.43. The van der Waals surface area contributed by atoms with Gasteiger partial charge in [0.1, 0.15) is 11.5 Å². The molecule has 0 atom stereocenters. The van der Waals surface area contributed by atoms with E-state index in [1.54, 1.807) is 0 Å². The SMILES string of the molecule is CCCCCOCc1cc(CNC(C)(C)C)oc1C. The molecule has 1 rings (SSSR count). The lowest BCUT2D eigenvalue weighted by Gasteiger charge is -2.19. The maximum absolute atomic E-state index is 5.75. The summed E-state index contributed by atoms with van der Waals surface area (Å²) in [7, 11) is 0.